The molecule has 1 aromatic heterocycles. The van der Waals surface area contributed by atoms with Gasteiger partial charge in [-0.15, -0.1) is 0 Å². The summed E-state index contributed by atoms with van der Waals surface area (Å²) in [4.78, 5) is 4.09. The summed E-state index contributed by atoms with van der Waals surface area (Å²) in [6, 6.07) is 9.69. The maximum absolute atomic E-state index is 13.5. The molecule has 0 fully saturated rings. The average Bonchev–Trinajstić information content (AvgIpc) is 2.47. The normalized spacial score (nSPS) is 11.7. The Morgan fingerprint density at radius 3 is 2.80 bits per heavy atom. The third kappa shape index (κ3) is 3.11. The zero-order valence-electron chi connectivity index (χ0n) is 11.2. The van der Waals surface area contributed by atoms with Crippen molar-refractivity contribution in [3.63, 3.8) is 0 Å². The molecule has 0 spiro atoms. The van der Waals surface area contributed by atoms with E-state index in [0.717, 1.165) is 5.56 Å². The van der Waals surface area contributed by atoms with Crippen molar-refractivity contribution in [1.29, 1.82) is 5.26 Å². The second kappa shape index (κ2) is 6.13. The minimum absolute atomic E-state index is 0.0112. The van der Waals surface area contributed by atoms with E-state index < -0.39 is 5.82 Å². The zero-order chi connectivity index (χ0) is 14.5. The van der Waals surface area contributed by atoms with Crippen LogP contribution in [0.2, 0.25) is 0 Å². The van der Waals surface area contributed by atoms with E-state index in [-0.39, 0.29) is 11.6 Å². The van der Waals surface area contributed by atoms with Gasteiger partial charge < -0.3 is 10.1 Å². The summed E-state index contributed by atoms with van der Waals surface area (Å²) in [5.41, 5.74) is 1.01. The summed E-state index contributed by atoms with van der Waals surface area (Å²) in [5, 5.41) is 11.8. The maximum Gasteiger partial charge on any atom is 0.219 e. The summed E-state index contributed by atoms with van der Waals surface area (Å²) >= 11 is 0. The molecule has 20 heavy (non-hydrogen) atoms. The summed E-state index contributed by atoms with van der Waals surface area (Å²) in [6.45, 7) is 2.01. The fraction of sp³-hybridized carbons (Fsp3) is 0.200. The molecule has 1 N–H and O–H groups in total. The fourth-order valence-corrected chi connectivity index (χ4v) is 1.69. The standard InChI is InChI=1S/C15H14FN3O/c1-10(18-2)11-5-6-19-15(7-11)20-13-4-3-12(9-17)14(16)8-13/h3-8,10,18H,1-2H3. The molecule has 0 saturated heterocycles. The van der Waals surface area contributed by atoms with Crippen LogP contribution in [0.3, 0.4) is 0 Å². The smallest absolute Gasteiger partial charge is 0.219 e. The van der Waals surface area contributed by atoms with E-state index in [0.29, 0.717) is 11.6 Å². The lowest BCUT2D eigenvalue weighted by atomic mass is 10.1. The number of rotatable bonds is 4. The second-order valence-electron chi connectivity index (χ2n) is 4.29. The first-order valence-corrected chi connectivity index (χ1v) is 6.14. The van der Waals surface area contributed by atoms with Crippen LogP contribution in [-0.2, 0) is 0 Å². The number of benzene rings is 1. The van der Waals surface area contributed by atoms with Gasteiger partial charge in [0.25, 0.3) is 0 Å². The summed E-state index contributed by atoms with van der Waals surface area (Å²) in [5.74, 6) is 0.0849. The number of nitrogens with zero attached hydrogens (tertiary/aromatic N) is 2. The SMILES string of the molecule is CNC(C)c1ccnc(Oc2ccc(C#N)c(F)c2)c1. The molecule has 102 valence electrons. The van der Waals surface area contributed by atoms with Gasteiger partial charge in [0.05, 0.1) is 5.56 Å². The molecule has 1 aromatic carbocycles. The van der Waals surface area contributed by atoms with E-state index in [9.17, 15) is 4.39 Å². The van der Waals surface area contributed by atoms with Gasteiger partial charge in [0.15, 0.2) is 0 Å². The molecule has 2 aromatic rings. The van der Waals surface area contributed by atoms with Crippen LogP contribution >= 0.6 is 0 Å². The number of halogens is 1. The highest BCUT2D eigenvalue weighted by molar-refractivity contribution is 5.38. The quantitative estimate of drug-likeness (QED) is 0.928. The average molecular weight is 271 g/mol. The third-order valence-electron chi connectivity index (χ3n) is 2.98. The number of nitrogens with one attached hydrogen (secondary N) is 1. The molecule has 1 unspecified atom stereocenters. The van der Waals surface area contributed by atoms with Gasteiger partial charge in [-0.1, -0.05) is 0 Å². The number of aromatic nitrogens is 1. The van der Waals surface area contributed by atoms with E-state index in [4.69, 9.17) is 10.00 Å². The Bertz CT molecular complexity index is 652. The van der Waals surface area contributed by atoms with Gasteiger partial charge in [-0.05, 0) is 37.7 Å². The largest absolute Gasteiger partial charge is 0.439 e. The van der Waals surface area contributed by atoms with Crippen LogP contribution in [-0.4, -0.2) is 12.0 Å². The van der Waals surface area contributed by atoms with E-state index >= 15 is 0 Å². The Morgan fingerprint density at radius 2 is 2.15 bits per heavy atom. The van der Waals surface area contributed by atoms with Crippen molar-refractivity contribution < 1.29 is 9.13 Å². The van der Waals surface area contributed by atoms with Gasteiger partial charge in [0.1, 0.15) is 17.6 Å². The van der Waals surface area contributed by atoms with Crippen LogP contribution in [0, 0.1) is 17.1 Å². The molecule has 0 aliphatic rings. The van der Waals surface area contributed by atoms with Crippen LogP contribution in [0.1, 0.15) is 24.1 Å². The molecular formula is C15H14FN3O. The van der Waals surface area contributed by atoms with Crippen LogP contribution in [0.5, 0.6) is 11.6 Å². The van der Waals surface area contributed by atoms with Crippen molar-refractivity contribution in [3.8, 4) is 17.7 Å². The van der Waals surface area contributed by atoms with E-state index in [2.05, 4.69) is 10.3 Å². The molecule has 4 nitrogen and oxygen atoms in total. The van der Waals surface area contributed by atoms with Gasteiger partial charge in [-0.3, -0.25) is 0 Å². The molecule has 0 aliphatic heterocycles. The van der Waals surface area contributed by atoms with Crippen molar-refractivity contribution in [3.05, 3.63) is 53.5 Å². The highest BCUT2D eigenvalue weighted by atomic mass is 19.1. The maximum atomic E-state index is 13.5. The van der Waals surface area contributed by atoms with Crippen molar-refractivity contribution in [1.82, 2.24) is 10.3 Å². The van der Waals surface area contributed by atoms with Crippen LogP contribution in [0.4, 0.5) is 4.39 Å². The number of nitriles is 1. The van der Waals surface area contributed by atoms with Crippen molar-refractivity contribution in [2.45, 2.75) is 13.0 Å². The molecule has 0 amide bonds. The number of hydrogen-bond acceptors (Lipinski definition) is 4. The van der Waals surface area contributed by atoms with Crippen molar-refractivity contribution >= 4 is 0 Å². The Labute approximate surface area is 116 Å². The Hall–Kier alpha value is -2.45. The van der Waals surface area contributed by atoms with Gasteiger partial charge in [-0.25, -0.2) is 9.37 Å². The van der Waals surface area contributed by atoms with E-state index in [1.807, 2.05) is 20.0 Å². The number of hydrogen-bond donors (Lipinski definition) is 1. The molecular weight excluding hydrogens is 257 g/mol. The van der Waals surface area contributed by atoms with Crippen LogP contribution < -0.4 is 10.1 Å². The molecule has 0 saturated carbocycles. The molecule has 0 aliphatic carbocycles. The molecule has 5 heteroatoms. The number of ether oxygens (including phenoxy) is 1. The third-order valence-corrected chi connectivity index (χ3v) is 2.98. The molecule has 2 rings (SSSR count). The molecule has 0 bridgehead atoms. The monoisotopic (exact) mass is 271 g/mol. The van der Waals surface area contributed by atoms with Crippen molar-refractivity contribution in [2.24, 2.45) is 0 Å². The summed E-state index contributed by atoms with van der Waals surface area (Å²) in [7, 11) is 1.86. The topological polar surface area (TPSA) is 57.9 Å². The lowest BCUT2D eigenvalue weighted by molar-refractivity contribution is 0.456. The summed E-state index contributed by atoms with van der Waals surface area (Å²) in [6.07, 6.45) is 1.64. The summed E-state index contributed by atoms with van der Waals surface area (Å²) < 4.78 is 19.0. The van der Waals surface area contributed by atoms with Gasteiger partial charge >= 0.3 is 0 Å². The first kappa shape index (κ1) is 14.0. The molecule has 0 radical (unpaired) electrons. The van der Waals surface area contributed by atoms with Crippen LogP contribution in [0.15, 0.2) is 36.5 Å². The minimum Gasteiger partial charge on any atom is -0.439 e. The first-order chi connectivity index (χ1) is 9.63. The second-order valence-corrected chi connectivity index (χ2v) is 4.29. The Balaban J connectivity index is 2.22. The van der Waals surface area contributed by atoms with Crippen molar-refractivity contribution in [2.75, 3.05) is 7.05 Å². The highest BCUT2D eigenvalue weighted by Gasteiger charge is 2.07. The zero-order valence-corrected chi connectivity index (χ0v) is 11.2. The first-order valence-electron chi connectivity index (χ1n) is 6.14. The van der Waals surface area contributed by atoms with E-state index in [1.165, 1.54) is 18.2 Å². The van der Waals surface area contributed by atoms with Crippen LogP contribution in [0.25, 0.3) is 0 Å². The van der Waals surface area contributed by atoms with Gasteiger partial charge in [-0.2, -0.15) is 5.26 Å². The van der Waals surface area contributed by atoms with E-state index in [1.54, 1.807) is 18.3 Å². The Morgan fingerprint density at radius 1 is 1.35 bits per heavy atom. The Kier molecular flexibility index (Phi) is 4.28. The molecule has 1 atom stereocenters. The lowest BCUT2D eigenvalue weighted by Gasteiger charge is -2.12. The van der Waals surface area contributed by atoms with Gasteiger partial charge in [0, 0.05) is 24.4 Å². The molecule has 1 heterocycles. The fourth-order valence-electron chi connectivity index (χ4n) is 1.69. The minimum atomic E-state index is -0.607. The highest BCUT2D eigenvalue weighted by Crippen LogP contribution is 2.23. The number of pyridine rings is 1. The van der Waals surface area contributed by atoms with Gasteiger partial charge in [0.2, 0.25) is 5.88 Å². The lowest BCUT2D eigenvalue weighted by Crippen LogP contribution is -2.12. The predicted octanol–water partition coefficient (Wildman–Crippen LogP) is 3.17. The predicted molar refractivity (Wildman–Crippen MR) is 72.9 cm³/mol.